The number of para-hydroxylation sites is 1. The van der Waals surface area contributed by atoms with Crippen molar-refractivity contribution in [3.05, 3.63) is 65.0 Å². The van der Waals surface area contributed by atoms with Crippen molar-refractivity contribution in [3.8, 4) is 17.2 Å². The summed E-state index contributed by atoms with van der Waals surface area (Å²) in [6.45, 7) is 7.41. The van der Waals surface area contributed by atoms with Crippen molar-refractivity contribution < 1.29 is 19.0 Å². The lowest BCUT2D eigenvalue weighted by atomic mass is 10.1. The molecule has 1 amide bonds. The minimum atomic E-state index is -0.374. The first-order valence-electron chi connectivity index (χ1n) is 11.4. The van der Waals surface area contributed by atoms with Crippen molar-refractivity contribution in [1.82, 2.24) is 15.1 Å². The Morgan fingerprint density at radius 3 is 2.49 bits per heavy atom. The van der Waals surface area contributed by atoms with E-state index in [2.05, 4.69) is 34.6 Å². The van der Waals surface area contributed by atoms with E-state index in [4.69, 9.17) is 14.2 Å². The molecule has 3 rings (SSSR count). The lowest BCUT2D eigenvalue weighted by molar-refractivity contribution is 0.0973. The minimum absolute atomic E-state index is 0.311. The maximum Gasteiger partial charge on any atom is 0.261 e. The molecule has 0 bridgehead atoms. The summed E-state index contributed by atoms with van der Waals surface area (Å²) in [4.78, 5) is 17.9. The molecule has 1 aromatic heterocycles. The van der Waals surface area contributed by atoms with Crippen molar-refractivity contribution >= 4 is 17.6 Å². The summed E-state index contributed by atoms with van der Waals surface area (Å²) in [5, 5.41) is 10.7. The van der Waals surface area contributed by atoms with Crippen LogP contribution in [0.4, 0.5) is 5.69 Å². The summed E-state index contributed by atoms with van der Waals surface area (Å²) in [6, 6.07) is 12.5. The summed E-state index contributed by atoms with van der Waals surface area (Å²) < 4.78 is 18.1. The zero-order valence-corrected chi connectivity index (χ0v) is 21.1. The fraction of sp³-hybridized carbons (Fsp3) is 0.346. The fourth-order valence-corrected chi connectivity index (χ4v) is 3.87. The van der Waals surface area contributed by atoms with E-state index < -0.39 is 0 Å². The van der Waals surface area contributed by atoms with Gasteiger partial charge < -0.3 is 19.5 Å². The molecule has 186 valence electrons. The van der Waals surface area contributed by atoms with Gasteiger partial charge in [0.15, 0.2) is 11.5 Å². The molecule has 0 aliphatic carbocycles. The molecule has 0 aliphatic rings. The first-order valence-corrected chi connectivity index (χ1v) is 11.4. The van der Waals surface area contributed by atoms with Crippen molar-refractivity contribution in [3.63, 3.8) is 0 Å². The Kier molecular flexibility index (Phi) is 8.72. The molecule has 9 heteroatoms. The van der Waals surface area contributed by atoms with Crippen molar-refractivity contribution in [2.75, 3.05) is 33.2 Å². The molecule has 0 atom stereocenters. The van der Waals surface area contributed by atoms with Gasteiger partial charge in [0, 0.05) is 30.5 Å². The van der Waals surface area contributed by atoms with Gasteiger partial charge in [-0.2, -0.15) is 5.10 Å². The largest absolute Gasteiger partial charge is 0.497 e. The summed E-state index contributed by atoms with van der Waals surface area (Å²) in [7, 11) is 4.63. The number of hydrogen-bond acceptors (Lipinski definition) is 6. The summed E-state index contributed by atoms with van der Waals surface area (Å²) in [6.07, 6.45) is 0.694. The third-order valence-electron chi connectivity index (χ3n) is 5.67. The van der Waals surface area contributed by atoms with Crippen LogP contribution in [0.5, 0.6) is 17.2 Å². The number of anilines is 1. The van der Waals surface area contributed by atoms with Crippen LogP contribution in [0.25, 0.3) is 0 Å². The zero-order chi connectivity index (χ0) is 25.4. The third kappa shape index (κ3) is 6.11. The molecule has 0 unspecified atom stereocenters. The molecule has 9 nitrogen and oxygen atoms in total. The van der Waals surface area contributed by atoms with Crippen molar-refractivity contribution in [2.24, 2.45) is 4.99 Å². The molecule has 0 spiro atoms. The molecule has 0 saturated carbocycles. The van der Waals surface area contributed by atoms with Crippen LogP contribution in [-0.4, -0.2) is 49.5 Å². The van der Waals surface area contributed by atoms with Gasteiger partial charge in [0.2, 0.25) is 5.96 Å². The first-order chi connectivity index (χ1) is 16.9. The van der Waals surface area contributed by atoms with Crippen LogP contribution in [0.3, 0.4) is 0 Å². The first kappa shape index (κ1) is 25.6. The van der Waals surface area contributed by atoms with E-state index in [9.17, 15) is 4.79 Å². The molecule has 2 N–H and O–H groups in total. The highest BCUT2D eigenvalue weighted by Crippen LogP contribution is 2.30. The van der Waals surface area contributed by atoms with Gasteiger partial charge in [-0.3, -0.25) is 19.8 Å². The highest BCUT2D eigenvalue weighted by Gasteiger charge is 2.18. The monoisotopic (exact) mass is 479 g/mol. The van der Waals surface area contributed by atoms with Crippen LogP contribution < -0.4 is 24.8 Å². The Labute approximate surface area is 206 Å². The highest BCUT2D eigenvalue weighted by atomic mass is 16.5. The number of benzene rings is 2. The molecule has 0 saturated heterocycles. The van der Waals surface area contributed by atoms with Crippen LogP contribution in [-0.2, 0) is 13.0 Å². The number of nitrogens with one attached hydrogen (secondary N) is 2. The summed E-state index contributed by atoms with van der Waals surface area (Å²) in [5.74, 6) is 1.45. The number of nitrogens with zero attached hydrogens (tertiary/aromatic N) is 3. The number of aliphatic imine (C=N–C) groups is 1. The van der Waals surface area contributed by atoms with Gasteiger partial charge in [0.05, 0.1) is 32.6 Å². The number of rotatable bonds is 9. The average molecular weight is 480 g/mol. The maximum atomic E-state index is 13.2. The van der Waals surface area contributed by atoms with Gasteiger partial charge in [0.25, 0.3) is 5.91 Å². The number of carbonyl (C=O) groups excluding carboxylic acids is 1. The van der Waals surface area contributed by atoms with Gasteiger partial charge in [0.1, 0.15) is 5.75 Å². The van der Waals surface area contributed by atoms with Crippen LogP contribution in [0.15, 0.2) is 47.5 Å². The Hall–Kier alpha value is -4.01. The van der Waals surface area contributed by atoms with Crippen LogP contribution in [0.1, 0.15) is 34.2 Å². The van der Waals surface area contributed by atoms with E-state index in [1.165, 1.54) is 14.2 Å². The van der Waals surface area contributed by atoms with Crippen LogP contribution in [0.2, 0.25) is 0 Å². The van der Waals surface area contributed by atoms with E-state index in [0.717, 1.165) is 29.2 Å². The number of hydrogen-bond donors (Lipinski definition) is 2. The quantitative estimate of drug-likeness (QED) is 0.356. The zero-order valence-electron chi connectivity index (χ0n) is 21.1. The average Bonchev–Trinajstić information content (AvgIpc) is 3.15. The molecular formula is C26H33N5O4. The van der Waals surface area contributed by atoms with E-state index in [1.54, 1.807) is 25.3 Å². The fourth-order valence-electron chi connectivity index (χ4n) is 3.87. The topological polar surface area (TPSA) is 99.0 Å². The summed E-state index contributed by atoms with van der Waals surface area (Å²) >= 11 is 0. The van der Waals surface area contributed by atoms with Gasteiger partial charge in [-0.05, 0) is 57.0 Å². The molecular weight excluding hydrogens is 446 g/mol. The standard InChI is InChI=1S/C26H33N5O4/c1-7-31-18(3)21(17(2)30-31)14-15-27-26(28-19-10-8-11-20(16-19)33-4)29-25(32)22-12-9-13-23(34-5)24(22)35-6/h8-13,16H,7,14-15H2,1-6H3,(H2,27,28,29,32). The predicted molar refractivity (Wildman–Crippen MR) is 137 cm³/mol. The van der Waals surface area contributed by atoms with Crippen molar-refractivity contribution in [2.45, 2.75) is 33.7 Å². The summed E-state index contributed by atoms with van der Waals surface area (Å²) in [5.41, 5.74) is 4.35. The Bertz CT molecular complexity index is 1200. The number of ether oxygens (including phenoxy) is 3. The molecule has 2 aromatic carbocycles. The highest BCUT2D eigenvalue weighted by molar-refractivity contribution is 6.11. The third-order valence-corrected chi connectivity index (χ3v) is 5.67. The molecule has 0 fully saturated rings. The predicted octanol–water partition coefficient (Wildman–Crippen LogP) is 3.99. The number of guanidine groups is 1. The smallest absolute Gasteiger partial charge is 0.261 e. The van der Waals surface area contributed by atoms with Gasteiger partial charge >= 0.3 is 0 Å². The van der Waals surface area contributed by atoms with Crippen molar-refractivity contribution in [1.29, 1.82) is 0 Å². The van der Waals surface area contributed by atoms with Crippen LogP contribution in [0, 0.1) is 13.8 Å². The van der Waals surface area contributed by atoms with E-state index in [1.807, 2.05) is 35.9 Å². The molecule has 0 aliphatic heterocycles. The number of aryl methyl sites for hydroxylation is 2. The second-order valence-electron chi connectivity index (χ2n) is 7.80. The van der Waals surface area contributed by atoms with Gasteiger partial charge in [-0.1, -0.05) is 12.1 Å². The Balaban J connectivity index is 1.86. The normalized spacial score (nSPS) is 11.2. The molecule has 35 heavy (non-hydrogen) atoms. The number of carbonyl (C=O) groups is 1. The lowest BCUT2D eigenvalue weighted by Gasteiger charge is -2.15. The van der Waals surface area contributed by atoms with E-state index in [0.29, 0.717) is 41.7 Å². The maximum absolute atomic E-state index is 13.2. The van der Waals surface area contributed by atoms with Crippen LogP contribution >= 0.6 is 0 Å². The second kappa shape index (κ2) is 11.9. The van der Waals surface area contributed by atoms with Gasteiger partial charge in [-0.25, -0.2) is 0 Å². The Morgan fingerprint density at radius 2 is 1.83 bits per heavy atom. The molecule has 3 aromatic rings. The van der Waals surface area contributed by atoms with Gasteiger partial charge in [-0.15, -0.1) is 0 Å². The minimum Gasteiger partial charge on any atom is -0.497 e. The lowest BCUT2D eigenvalue weighted by Crippen LogP contribution is -2.36. The SMILES string of the molecule is CCn1nc(C)c(CCN=C(NC(=O)c2cccc(OC)c2OC)Nc2cccc(OC)c2)c1C. The molecule has 0 radical (unpaired) electrons. The number of amides is 1. The second-order valence-corrected chi connectivity index (χ2v) is 7.80. The number of aromatic nitrogens is 2. The van der Waals surface area contributed by atoms with E-state index in [-0.39, 0.29) is 5.91 Å². The molecule has 1 heterocycles. The van der Waals surface area contributed by atoms with E-state index >= 15 is 0 Å². The Morgan fingerprint density at radius 1 is 1.06 bits per heavy atom. The number of methoxy groups -OCH3 is 3.